The first-order chi connectivity index (χ1) is 14.3. The summed E-state index contributed by atoms with van der Waals surface area (Å²) in [7, 11) is 0. The van der Waals surface area contributed by atoms with Gasteiger partial charge in [0.15, 0.2) is 0 Å². The van der Waals surface area contributed by atoms with Gasteiger partial charge in [-0.3, -0.25) is 4.90 Å². The normalized spacial score (nSPS) is 18.8. The lowest BCUT2D eigenvalue weighted by Gasteiger charge is -2.29. The zero-order chi connectivity index (χ0) is 19.7. The molecule has 0 bridgehead atoms. The van der Waals surface area contributed by atoms with Crippen LogP contribution in [0.1, 0.15) is 56.1 Å². The maximum Gasteiger partial charge on any atom is 0.119 e. The highest BCUT2D eigenvalue weighted by atomic mass is 16.5. The topological polar surface area (TPSA) is 12.5 Å². The van der Waals surface area contributed by atoms with Gasteiger partial charge >= 0.3 is 0 Å². The summed E-state index contributed by atoms with van der Waals surface area (Å²) in [6.07, 6.45) is 9.13. The van der Waals surface area contributed by atoms with Crippen molar-refractivity contribution < 1.29 is 4.74 Å². The molecule has 0 N–H and O–H groups in total. The van der Waals surface area contributed by atoms with Gasteiger partial charge in [0.1, 0.15) is 5.75 Å². The van der Waals surface area contributed by atoms with Crippen LogP contribution in [0.3, 0.4) is 0 Å². The number of hydrogen-bond acceptors (Lipinski definition) is 2. The van der Waals surface area contributed by atoms with Crippen LogP contribution in [0.4, 0.5) is 0 Å². The van der Waals surface area contributed by atoms with Crippen LogP contribution < -0.4 is 4.74 Å². The highest BCUT2D eigenvalue weighted by Gasteiger charge is 2.17. The smallest absolute Gasteiger partial charge is 0.119 e. The Morgan fingerprint density at radius 3 is 2.28 bits per heavy atom. The van der Waals surface area contributed by atoms with Crippen molar-refractivity contribution in [1.29, 1.82) is 0 Å². The maximum atomic E-state index is 6.00. The molecule has 152 valence electrons. The van der Waals surface area contributed by atoms with E-state index in [4.69, 9.17) is 4.74 Å². The van der Waals surface area contributed by atoms with Crippen molar-refractivity contribution >= 4 is 0 Å². The van der Waals surface area contributed by atoms with E-state index in [1.807, 2.05) is 0 Å². The molecule has 0 aromatic heterocycles. The zero-order valence-electron chi connectivity index (χ0n) is 17.5. The molecule has 1 aliphatic carbocycles. The molecule has 2 aromatic rings. The third-order valence-electron chi connectivity index (χ3n) is 6.32. The predicted molar refractivity (Wildman–Crippen MR) is 120 cm³/mol. The van der Waals surface area contributed by atoms with Crippen molar-refractivity contribution in [3.8, 4) is 17.6 Å². The molecule has 2 heteroatoms. The number of hydrogen-bond donors (Lipinski definition) is 0. The number of rotatable bonds is 5. The highest BCUT2D eigenvalue weighted by Crippen LogP contribution is 2.25. The van der Waals surface area contributed by atoms with Gasteiger partial charge in [-0.2, -0.15) is 0 Å². The van der Waals surface area contributed by atoms with E-state index < -0.39 is 0 Å². The van der Waals surface area contributed by atoms with Gasteiger partial charge in [0.05, 0.1) is 6.61 Å². The molecular weight excluding hydrogens is 354 g/mol. The van der Waals surface area contributed by atoms with E-state index in [0.29, 0.717) is 5.92 Å². The van der Waals surface area contributed by atoms with Gasteiger partial charge in [-0.25, -0.2) is 0 Å². The standard InChI is InChI=1S/C27H33NO/c1-3-7-25(8-4-1)21-28-19-17-24(18-20-28)12-11-23-13-15-27(16-14-23)29-22-26-9-5-2-6-10-26/h1,3-4,7-8,13-16,24,26H,2,5-6,9-10,17-22H2. The Balaban J connectivity index is 1.21. The second-order valence-electron chi connectivity index (χ2n) is 8.64. The zero-order valence-corrected chi connectivity index (χ0v) is 17.5. The number of benzene rings is 2. The molecule has 2 nitrogen and oxygen atoms in total. The van der Waals surface area contributed by atoms with Crippen molar-refractivity contribution in [2.75, 3.05) is 19.7 Å². The van der Waals surface area contributed by atoms with Gasteiger partial charge < -0.3 is 4.74 Å². The van der Waals surface area contributed by atoms with E-state index in [2.05, 4.69) is 71.3 Å². The summed E-state index contributed by atoms with van der Waals surface area (Å²) in [6.45, 7) is 4.21. The lowest BCUT2D eigenvalue weighted by molar-refractivity contribution is 0.199. The van der Waals surface area contributed by atoms with Gasteiger partial charge in [0.2, 0.25) is 0 Å². The van der Waals surface area contributed by atoms with E-state index in [-0.39, 0.29) is 0 Å². The molecule has 1 saturated heterocycles. The Hall–Kier alpha value is -2.24. The Morgan fingerprint density at radius 2 is 1.55 bits per heavy atom. The monoisotopic (exact) mass is 387 g/mol. The van der Waals surface area contributed by atoms with Gasteiger partial charge in [-0.1, -0.05) is 61.4 Å². The fourth-order valence-corrected chi connectivity index (χ4v) is 4.46. The summed E-state index contributed by atoms with van der Waals surface area (Å²) in [5, 5.41) is 0. The molecule has 0 radical (unpaired) electrons. The second kappa shape index (κ2) is 10.5. The minimum Gasteiger partial charge on any atom is -0.493 e. The molecule has 2 fully saturated rings. The molecular formula is C27H33NO. The van der Waals surface area contributed by atoms with Gasteiger partial charge in [-0.15, -0.1) is 0 Å². The Morgan fingerprint density at radius 1 is 0.828 bits per heavy atom. The van der Waals surface area contributed by atoms with E-state index in [1.165, 1.54) is 50.5 Å². The molecule has 0 unspecified atom stereocenters. The molecule has 0 amide bonds. The molecule has 1 saturated carbocycles. The van der Waals surface area contributed by atoms with Gasteiger partial charge in [0, 0.05) is 18.0 Å². The van der Waals surface area contributed by atoms with Crippen LogP contribution >= 0.6 is 0 Å². The summed E-state index contributed by atoms with van der Waals surface area (Å²) < 4.78 is 6.00. The van der Waals surface area contributed by atoms with Crippen molar-refractivity contribution in [3.63, 3.8) is 0 Å². The SMILES string of the molecule is C(#CC1CCN(Cc2ccccc2)CC1)c1ccc(OCC2CCCCC2)cc1. The van der Waals surface area contributed by atoms with Crippen molar-refractivity contribution in [3.05, 3.63) is 65.7 Å². The molecule has 0 atom stereocenters. The largest absolute Gasteiger partial charge is 0.493 e. The molecule has 29 heavy (non-hydrogen) atoms. The Bertz CT molecular complexity index is 788. The van der Waals surface area contributed by atoms with Crippen molar-refractivity contribution in [2.24, 2.45) is 11.8 Å². The third kappa shape index (κ3) is 6.38. The van der Waals surface area contributed by atoms with Gasteiger partial charge in [-0.05, 0) is 74.5 Å². The summed E-state index contributed by atoms with van der Waals surface area (Å²) in [4.78, 5) is 2.55. The quantitative estimate of drug-likeness (QED) is 0.591. The number of nitrogens with zero attached hydrogens (tertiary/aromatic N) is 1. The van der Waals surface area contributed by atoms with E-state index in [0.717, 1.165) is 43.5 Å². The Kier molecular flexibility index (Phi) is 7.27. The summed E-state index contributed by atoms with van der Waals surface area (Å²) in [5.74, 6) is 9.14. The fraction of sp³-hybridized carbons (Fsp3) is 0.481. The second-order valence-corrected chi connectivity index (χ2v) is 8.64. The average Bonchev–Trinajstić information content (AvgIpc) is 2.79. The minimum atomic E-state index is 0.518. The summed E-state index contributed by atoms with van der Waals surface area (Å²) in [6, 6.07) is 19.1. The molecule has 2 aliphatic rings. The first kappa shape index (κ1) is 20.0. The van der Waals surface area contributed by atoms with E-state index >= 15 is 0 Å². The number of ether oxygens (including phenoxy) is 1. The van der Waals surface area contributed by atoms with Crippen molar-refractivity contribution in [1.82, 2.24) is 4.90 Å². The van der Waals surface area contributed by atoms with E-state index in [1.54, 1.807) is 0 Å². The van der Waals surface area contributed by atoms with E-state index in [9.17, 15) is 0 Å². The minimum absolute atomic E-state index is 0.518. The summed E-state index contributed by atoms with van der Waals surface area (Å²) in [5.41, 5.74) is 2.50. The molecule has 1 aliphatic heterocycles. The fourth-order valence-electron chi connectivity index (χ4n) is 4.46. The van der Waals surface area contributed by atoms with Crippen LogP contribution in [0.25, 0.3) is 0 Å². The first-order valence-corrected chi connectivity index (χ1v) is 11.4. The molecule has 2 aromatic carbocycles. The van der Waals surface area contributed by atoms with Crippen molar-refractivity contribution in [2.45, 2.75) is 51.5 Å². The van der Waals surface area contributed by atoms with Crippen LogP contribution in [0.5, 0.6) is 5.75 Å². The van der Waals surface area contributed by atoms with Gasteiger partial charge in [0.25, 0.3) is 0 Å². The lowest BCUT2D eigenvalue weighted by atomic mass is 9.90. The third-order valence-corrected chi connectivity index (χ3v) is 6.32. The summed E-state index contributed by atoms with van der Waals surface area (Å²) >= 11 is 0. The first-order valence-electron chi connectivity index (χ1n) is 11.4. The Labute approximate surface area is 176 Å². The number of piperidine rings is 1. The lowest BCUT2D eigenvalue weighted by Crippen LogP contribution is -2.32. The predicted octanol–water partition coefficient (Wildman–Crippen LogP) is 5.91. The van der Waals surface area contributed by atoms with Crippen LogP contribution in [-0.4, -0.2) is 24.6 Å². The van der Waals surface area contributed by atoms with Crippen LogP contribution in [0, 0.1) is 23.7 Å². The van der Waals surface area contributed by atoms with Crippen LogP contribution in [0.15, 0.2) is 54.6 Å². The van der Waals surface area contributed by atoms with Crippen LogP contribution in [0.2, 0.25) is 0 Å². The number of likely N-dealkylation sites (tertiary alicyclic amines) is 1. The molecule has 1 heterocycles. The average molecular weight is 388 g/mol. The highest BCUT2D eigenvalue weighted by molar-refractivity contribution is 5.38. The molecule has 4 rings (SSSR count). The van der Waals surface area contributed by atoms with Crippen LogP contribution in [-0.2, 0) is 6.54 Å². The maximum absolute atomic E-state index is 6.00. The molecule has 0 spiro atoms.